The van der Waals surface area contributed by atoms with E-state index in [9.17, 15) is 19.5 Å². The second-order valence-electron chi connectivity index (χ2n) is 8.43. The standard InChI is InChI=1S/C28H23NO8/c1-34-20-10-5-17(6-11-20)25-24(26(31)18-7-12-21-22(14-18)37-15-36-21)27(32)28(33)29(25)19-8-3-16(4-9-19)13-23(30)35-2/h3-12,14,25,31H,13,15H2,1-2H3/b26-24-. The summed E-state index contributed by atoms with van der Waals surface area (Å²) < 4.78 is 20.7. The minimum atomic E-state index is -0.914. The molecule has 2 aliphatic rings. The monoisotopic (exact) mass is 501 g/mol. The van der Waals surface area contributed by atoms with Crippen LogP contribution in [0.1, 0.15) is 22.7 Å². The highest BCUT2D eigenvalue weighted by Crippen LogP contribution is 2.43. The zero-order valence-corrected chi connectivity index (χ0v) is 20.1. The smallest absolute Gasteiger partial charge is 0.309 e. The number of rotatable bonds is 6. The maximum atomic E-state index is 13.3. The Bertz CT molecular complexity index is 1410. The molecule has 1 unspecified atom stereocenters. The number of benzene rings is 3. The third-order valence-electron chi connectivity index (χ3n) is 6.31. The summed E-state index contributed by atoms with van der Waals surface area (Å²) in [7, 11) is 2.85. The molecule has 3 aromatic carbocycles. The van der Waals surface area contributed by atoms with Crippen LogP contribution in [-0.4, -0.2) is 43.8 Å². The van der Waals surface area contributed by atoms with E-state index in [-0.39, 0.29) is 24.5 Å². The minimum Gasteiger partial charge on any atom is -0.507 e. The molecule has 1 atom stereocenters. The van der Waals surface area contributed by atoms with E-state index >= 15 is 0 Å². The van der Waals surface area contributed by atoms with Crippen LogP contribution in [0, 0.1) is 0 Å². The summed E-state index contributed by atoms with van der Waals surface area (Å²) >= 11 is 0. The van der Waals surface area contributed by atoms with Crippen LogP contribution in [0.2, 0.25) is 0 Å². The Hall–Kier alpha value is -4.79. The fourth-order valence-electron chi connectivity index (χ4n) is 4.41. The van der Waals surface area contributed by atoms with Gasteiger partial charge in [-0.15, -0.1) is 0 Å². The van der Waals surface area contributed by atoms with Gasteiger partial charge in [0.1, 0.15) is 11.5 Å². The highest BCUT2D eigenvalue weighted by Gasteiger charge is 2.47. The highest BCUT2D eigenvalue weighted by molar-refractivity contribution is 6.51. The number of ketones is 1. The summed E-state index contributed by atoms with van der Waals surface area (Å²) in [5, 5.41) is 11.3. The summed E-state index contributed by atoms with van der Waals surface area (Å²) in [5.74, 6) is -0.782. The van der Waals surface area contributed by atoms with Crippen molar-refractivity contribution in [1.82, 2.24) is 0 Å². The first-order valence-electron chi connectivity index (χ1n) is 11.4. The highest BCUT2D eigenvalue weighted by atomic mass is 16.7. The summed E-state index contributed by atoms with van der Waals surface area (Å²) in [6.45, 7) is 0.0573. The summed E-state index contributed by atoms with van der Waals surface area (Å²) in [6.07, 6.45) is 0.0711. The van der Waals surface area contributed by atoms with Gasteiger partial charge in [-0.1, -0.05) is 24.3 Å². The van der Waals surface area contributed by atoms with Gasteiger partial charge in [-0.2, -0.15) is 0 Å². The fraction of sp³-hybridized carbons (Fsp3) is 0.179. The maximum Gasteiger partial charge on any atom is 0.309 e. The van der Waals surface area contributed by atoms with Gasteiger partial charge in [0.2, 0.25) is 6.79 Å². The van der Waals surface area contributed by atoms with Crippen molar-refractivity contribution in [3.63, 3.8) is 0 Å². The van der Waals surface area contributed by atoms with Crippen molar-refractivity contribution in [3.05, 3.63) is 89.0 Å². The summed E-state index contributed by atoms with van der Waals surface area (Å²) in [5.41, 5.74) is 1.97. The zero-order chi connectivity index (χ0) is 26.1. The number of esters is 1. The molecule has 1 saturated heterocycles. The average Bonchev–Trinajstić information content (AvgIpc) is 3.50. The Morgan fingerprint density at radius 1 is 0.973 bits per heavy atom. The van der Waals surface area contributed by atoms with Crippen molar-refractivity contribution in [3.8, 4) is 17.2 Å². The number of carbonyl (C=O) groups is 3. The van der Waals surface area contributed by atoms with Crippen LogP contribution >= 0.6 is 0 Å². The topological polar surface area (TPSA) is 112 Å². The molecule has 9 nitrogen and oxygen atoms in total. The first-order valence-corrected chi connectivity index (χ1v) is 11.4. The van der Waals surface area contributed by atoms with Crippen LogP contribution in [0.15, 0.2) is 72.3 Å². The van der Waals surface area contributed by atoms with Gasteiger partial charge in [0, 0.05) is 11.3 Å². The molecule has 0 bridgehead atoms. The van der Waals surface area contributed by atoms with Gasteiger partial charge in [-0.3, -0.25) is 19.3 Å². The Kier molecular flexibility index (Phi) is 6.27. The van der Waals surface area contributed by atoms with E-state index in [0.29, 0.717) is 39.6 Å². The van der Waals surface area contributed by atoms with Crippen molar-refractivity contribution in [2.45, 2.75) is 12.5 Å². The SMILES string of the molecule is COC(=O)Cc1ccc(N2C(=O)C(=O)/C(=C(\O)c3ccc4c(c3)OCO4)C2c2ccc(OC)cc2)cc1. The van der Waals surface area contributed by atoms with Crippen LogP contribution in [0.5, 0.6) is 17.2 Å². The number of methoxy groups -OCH3 is 2. The van der Waals surface area contributed by atoms with Crippen LogP contribution in [0.3, 0.4) is 0 Å². The molecule has 3 aromatic rings. The van der Waals surface area contributed by atoms with Gasteiger partial charge in [-0.25, -0.2) is 0 Å². The molecule has 9 heteroatoms. The molecule has 37 heavy (non-hydrogen) atoms. The molecular formula is C28H23NO8. The molecule has 2 heterocycles. The van der Waals surface area contributed by atoms with Crippen LogP contribution in [0.4, 0.5) is 5.69 Å². The second kappa shape index (κ2) is 9.69. The number of aliphatic hydroxyl groups excluding tert-OH is 1. The lowest BCUT2D eigenvalue weighted by molar-refractivity contribution is -0.139. The van der Waals surface area contributed by atoms with E-state index in [1.165, 1.54) is 19.1 Å². The van der Waals surface area contributed by atoms with E-state index in [1.807, 2.05) is 0 Å². The van der Waals surface area contributed by atoms with Crippen molar-refractivity contribution in [1.29, 1.82) is 0 Å². The number of hydrogen-bond acceptors (Lipinski definition) is 8. The molecule has 0 aliphatic carbocycles. The Labute approximate surface area is 212 Å². The number of carbonyl (C=O) groups excluding carboxylic acids is 3. The molecule has 0 saturated carbocycles. The quantitative estimate of drug-likeness (QED) is 0.235. The molecule has 2 aliphatic heterocycles. The lowest BCUT2D eigenvalue weighted by Gasteiger charge is -2.25. The van der Waals surface area contributed by atoms with Crippen molar-refractivity contribution < 1.29 is 38.4 Å². The van der Waals surface area contributed by atoms with Gasteiger partial charge in [0.05, 0.1) is 32.3 Å². The normalized spacial score (nSPS) is 17.7. The van der Waals surface area contributed by atoms with Gasteiger partial charge < -0.3 is 24.1 Å². The Balaban J connectivity index is 1.62. The maximum absolute atomic E-state index is 13.3. The third-order valence-corrected chi connectivity index (χ3v) is 6.31. The van der Waals surface area contributed by atoms with Crippen molar-refractivity contribution >= 4 is 29.1 Å². The molecule has 0 radical (unpaired) electrons. The fourth-order valence-corrected chi connectivity index (χ4v) is 4.41. The first-order chi connectivity index (χ1) is 17.9. The van der Waals surface area contributed by atoms with E-state index in [0.717, 1.165) is 0 Å². The van der Waals surface area contributed by atoms with Crippen LogP contribution in [-0.2, 0) is 25.5 Å². The molecule has 0 spiro atoms. The summed E-state index contributed by atoms with van der Waals surface area (Å²) in [4.78, 5) is 39.7. The number of nitrogens with zero attached hydrogens (tertiary/aromatic N) is 1. The van der Waals surface area contributed by atoms with Crippen molar-refractivity contribution in [2.75, 3.05) is 25.9 Å². The number of anilines is 1. The third kappa shape index (κ3) is 4.35. The molecule has 1 fully saturated rings. The van der Waals surface area contributed by atoms with Crippen molar-refractivity contribution in [2.24, 2.45) is 0 Å². The van der Waals surface area contributed by atoms with Crippen LogP contribution in [0.25, 0.3) is 5.76 Å². The van der Waals surface area contributed by atoms with Crippen LogP contribution < -0.4 is 19.1 Å². The first kappa shape index (κ1) is 23.9. The van der Waals surface area contributed by atoms with E-state index in [2.05, 4.69) is 0 Å². The number of fused-ring (bicyclic) bond motifs is 1. The number of aliphatic hydroxyl groups is 1. The van der Waals surface area contributed by atoms with E-state index < -0.39 is 23.7 Å². The van der Waals surface area contributed by atoms with Gasteiger partial charge in [0.25, 0.3) is 11.7 Å². The van der Waals surface area contributed by atoms with Gasteiger partial charge in [-0.05, 0) is 53.6 Å². The number of hydrogen-bond donors (Lipinski definition) is 1. The summed E-state index contributed by atoms with van der Waals surface area (Å²) in [6, 6.07) is 17.5. The molecule has 1 amide bonds. The molecule has 1 N–H and O–H groups in total. The predicted molar refractivity (Wildman–Crippen MR) is 133 cm³/mol. The number of ether oxygens (including phenoxy) is 4. The largest absolute Gasteiger partial charge is 0.507 e. The Morgan fingerprint density at radius 3 is 2.35 bits per heavy atom. The Morgan fingerprint density at radius 2 is 1.68 bits per heavy atom. The second-order valence-corrected chi connectivity index (χ2v) is 8.43. The number of amides is 1. The lowest BCUT2D eigenvalue weighted by atomic mass is 9.95. The van der Waals surface area contributed by atoms with Gasteiger partial charge in [0.15, 0.2) is 11.5 Å². The average molecular weight is 501 g/mol. The minimum absolute atomic E-state index is 0.0573. The lowest BCUT2D eigenvalue weighted by Crippen LogP contribution is -2.29. The number of Topliss-reactive ketones (excluding diaryl/α,β-unsaturated/α-hetero) is 1. The molecule has 0 aromatic heterocycles. The van der Waals surface area contributed by atoms with E-state index in [1.54, 1.807) is 66.7 Å². The van der Waals surface area contributed by atoms with E-state index in [4.69, 9.17) is 18.9 Å². The van der Waals surface area contributed by atoms with Gasteiger partial charge >= 0.3 is 5.97 Å². The molecule has 5 rings (SSSR count). The predicted octanol–water partition coefficient (Wildman–Crippen LogP) is 3.77. The molecular weight excluding hydrogens is 478 g/mol. The zero-order valence-electron chi connectivity index (χ0n) is 20.1. The molecule has 188 valence electrons.